The van der Waals surface area contributed by atoms with Gasteiger partial charge in [0.15, 0.2) is 5.82 Å². The van der Waals surface area contributed by atoms with Crippen LogP contribution >= 0.6 is 11.6 Å². The molecule has 4 aromatic carbocycles. The van der Waals surface area contributed by atoms with Crippen molar-refractivity contribution in [1.29, 1.82) is 0 Å². The maximum Gasteiger partial charge on any atom is 0.160 e. The molecular formula is C29H21ClN2. The summed E-state index contributed by atoms with van der Waals surface area (Å²) in [7, 11) is 0. The van der Waals surface area contributed by atoms with Gasteiger partial charge in [-0.1, -0.05) is 102 Å². The predicted octanol–water partition coefficient (Wildman–Crippen LogP) is 8.11. The van der Waals surface area contributed by atoms with Crippen molar-refractivity contribution in [3.05, 3.63) is 120 Å². The van der Waals surface area contributed by atoms with Gasteiger partial charge in [0, 0.05) is 21.7 Å². The van der Waals surface area contributed by atoms with E-state index >= 15 is 0 Å². The molecule has 0 atom stereocenters. The Hall–Kier alpha value is -3.75. The summed E-state index contributed by atoms with van der Waals surface area (Å²) >= 11 is 6.22. The molecule has 0 saturated heterocycles. The first-order valence-corrected chi connectivity index (χ1v) is 10.9. The van der Waals surface area contributed by atoms with E-state index in [-0.39, 0.29) is 0 Å². The van der Waals surface area contributed by atoms with Crippen LogP contribution in [0, 0.1) is 6.92 Å². The van der Waals surface area contributed by atoms with Crippen LogP contribution in [0.5, 0.6) is 0 Å². The standard InChI is InChI=1S/C29H21ClN2/c1-20-13-15-22(16-14-20)29-31-27(21-7-3-2-4-8-21)19-28(32-29)25-11-5-9-23(17-25)24-10-6-12-26(30)18-24/h2-19H,1H3. The molecule has 0 spiro atoms. The molecule has 0 N–H and O–H groups in total. The van der Waals surface area contributed by atoms with E-state index < -0.39 is 0 Å². The Morgan fingerprint density at radius 2 is 1.09 bits per heavy atom. The molecule has 154 valence electrons. The summed E-state index contributed by atoms with van der Waals surface area (Å²) in [6.45, 7) is 2.08. The molecule has 0 aliphatic rings. The van der Waals surface area contributed by atoms with Crippen molar-refractivity contribution in [2.24, 2.45) is 0 Å². The number of benzene rings is 4. The topological polar surface area (TPSA) is 25.8 Å². The van der Waals surface area contributed by atoms with Crippen molar-refractivity contribution in [3.63, 3.8) is 0 Å². The quantitative estimate of drug-likeness (QED) is 0.286. The Kier molecular flexibility index (Phi) is 5.53. The molecule has 0 amide bonds. The third-order valence-corrected chi connectivity index (χ3v) is 5.66. The fraction of sp³-hybridized carbons (Fsp3) is 0.0345. The van der Waals surface area contributed by atoms with Gasteiger partial charge in [0.05, 0.1) is 11.4 Å². The maximum atomic E-state index is 6.22. The summed E-state index contributed by atoms with van der Waals surface area (Å²) in [6.07, 6.45) is 0. The van der Waals surface area contributed by atoms with Gasteiger partial charge in [-0.25, -0.2) is 9.97 Å². The Morgan fingerprint density at radius 1 is 0.500 bits per heavy atom. The molecule has 0 aliphatic heterocycles. The van der Waals surface area contributed by atoms with E-state index in [0.29, 0.717) is 0 Å². The molecule has 1 aromatic heterocycles. The van der Waals surface area contributed by atoms with Crippen molar-refractivity contribution in [2.45, 2.75) is 6.92 Å². The lowest BCUT2D eigenvalue weighted by Crippen LogP contribution is -1.96. The van der Waals surface area contributed by atoms with Crippen molar-refractivity contribution in [2.75, 3.05) is 0 Å². The highest BCUT2D eigenvalue weighted by Crippen LogP contribution is 2.30. The second-order valence-corrected chi connectivity index (χ2v) is 8.22. The minimum atomic E-state index is 0.717. The van der Waals surface area contributed by atoms with Crippen LogP contribution in [0.2, 0.25) is 5.02 Å². The molecule has 5 rings (SSSR count). The molecule has 0 unspecified atom stereocenters. The maximum absolute atomic E-state index is 6.22. The third-order valence-electron chi connectivity index (χ3n) is 5.42. The molecule has 0 bridgehead atoms. The van der Waals surface area contributed by atoms with Crippen LogP contribution in [-0.2, 0) is 0 Å². The normalized spacial score (nSPS) is 10.8. The highest BCUT2D eigenvalue weighted by atomic mass is 35.5. The molecule has 0 fully saturated rings. The highest BCUT2D eigenvalue weighted by molar-refractivity contribution is 6.30. The minimum Gasteiger partial charge on any atom is -0.228 e. The lowest BCUT2D eigenvalue weighted by molar-refractivity contribution is 1.18. The summed E-state index contributed by atoms with van der Waals surface area (Å²) in [5, 5.41) is 0.725. The zero-order valence-corrected chi connectivity index (χ0v) is 18.4. The number of hydrogen-bond donors (Lipinski definition) is 0. The molecule has 3 heteroatoms. The molecule has 1 heterocycles. The first-order valence-electron chi connectivity index (χ1n) is 10.5. The second kappa shape index (κ2) is 8.78. The predicted molar refractivity (Wildman–Crippen MR) is 134 cm³/mol. The van der Waals surface area contributed by atoms with Crippen LogP contribution in [0.4, 0.5) is 0 Å². The van der Waals surface area contributed by atoms with Crippen molar-refractivity contribution >= 4 is 11.6 Å². The SMILES string of the molecule is Cc1ccc(-c2nc(-c3ccccc3)cc(-c3cccc(-c4cccc(Cl)c4)c3)n2)cc1. The lowest BCUT2D eigenvalue weighted by Gasteiger charge is -2.11. The number of aromatic nitrogens is 2. The van der Waals surface area contributed by atoms with E-state index in [4.69, 9.17) is 21.6 Å². The molecule has 0 aliphatic carbocycles. The minimum absolute atomic E-state index is 0.717. The molecule has 32 heavy (non-hydrogen) atoms. The van der Waals surface area contributed by atoms with Gasteiger partial charge < -0.3 is 0 Å². The summed E-state index contributed by atoms with van der Waals surface area (Å²) < 4.78 is 0. The van der Waals surface area contributed by atoms with Crippen LogP contribution < -0.4 is 0 Å². The van der Waals surface area contributed by atoms with E-state index in [1.807, 2.05) is 36.4 Å². The van der Waals surface area contributed by atoms with Gasteiger partial charge in [0.25, 0.3) is 0 Å². The summed E-state index contributed by atoms with van der Waals surface area (Å²) in [6, 6.07) is 36.9. The first-order chi connectivity index (χ1) is 15.7. The van der Waals surface area contributed by atoms with Gasteiger partial charge in [-0.2, -0.15) is 0 Å². The number of hydrogen-bond acceptors (Lipinski definition) is 2. The largest absolute Gasteiger partial charge is 0.228 e. The van der Waals surface area contributed by atoms with Gasteiger partial charge in [-0.05, 0) is 42.3 Å². The van der Waals surface area contributed by atoms with Crippen LogP contribution in [0.25, 0.3) is 45.0 Å². The monoisotopic (exact) mass is 432 g/mol. The van der Waals surface area contributed by atoms with E-state index in [0.717, 1.165) is 50.1 Å². The Labute approximate surface area is 193 Å². The number of aryl methyl sites for hydroxylation is 1. The summed E-state index contributed by atoms with van der Waals surface area (Å²) in [5.41, 5.74) is 8.28. The number of halogens is 1. The van der Waals surface area contributed by atoms with E-state index in [2.05, 4.69) is 79.7 Å². The smallest absolute Gasteiger partial charge is 0.160 e. The fourth-order valence-corrected chi connectivity index (χ4v) is 3.90. The molecule has 0 radical (unpaired) electrons. The fourth-order valence-electron chi connectivity index (χ4n) is 3.71. The number of rotatable bonds is 4. The molecular weight excluding hydrogens is 412 g/mol. The zero-order valence-electron chi connectivity index (χ0n) is 17.7. The first kappa shape index (κ1) is 20.2. The Morgan fingerprint density at radius 3 is 1.81 bits per heavy atom. The Bertz CT molecular complexity index is 1380. The molecule has 0 saturated carbocycles. The van der Waals surface area contributed by atoms with E-state index in [1.54, 1.807) is 0 Å². The summed E-state index contributed by atoms with van der Waals surface area (Å²) in [5.74, 6) is 0.717. The average Bonchev–Trinajstić information content (AvgIpc) is 2.85. The van der Waals surface area contributed by atoms with Gasteiger partial charge in [0.2, 0.25) is 0 Å². The molecule has 2 nitrogen and oxygen atoms in total. The van der Waals surface area contributed by atoms with E-state index in [1.165, 1.54) is 5.56 Å². The average molecular weight is 433 g/mol. The van der Waals surface area contributed by atoms with Gasteiger partial charge in [0.1, 0.15) is 0 Å². The van der Waals surface area contributed by atoms with Gasteiger partial charge in [-0.3, -0.25) is 0 Å². The van der Waals surface area contributed by atoms with E-state index in [9.17, 15) is 0 Å². The van der Waals surface area contributed by atoms with Crippen LogP contribution in [0.1, 0.15) is 5.56 Å². The lowest BCUT2D eigenvalue weighted by atomic mass is 10.0. The summed E-state index contributed by atoms with van der Waals surface area (Å²) in [4.78, 5) is 9.84. The molecule has 5 aromatic rings. The number of nitrogens with zero attached hydrogens (tertiary/aromatic N) is 2. The Balaban J connectivity index is 1.66. The van der Waals surface area contributed by atoms with Crippen molar-refractivity contribution in [1.82, 2.24) is 9.97 Å². The highest BCUT2D eigenvalue weighted by Gasteiger charge is 2.11. The van der Waals surface area contributed by atoms with Crippen molar-refractivity contribution < 1.29 is 0 Å². The van der Waals surface area contributed by atoms with Crippen LogP contribution in [0.3, 0.4) is 0 Å². The van der Waals surface area contributed by atoms with Gasteiger partial charge >= 0.3 is 0 Å². The van der Waals surface area contributed by atoms with Crippen molar-refractivity contribution in [3.8, 4) is 45.0 Å². The second-order valence-electron chi connectivity index (χ2n) is 7.79. The van der Waals surface area contributed by atoms with Gasteiger partial charge in [-0.15, -0.1) is 0 Å². The van der Waals surface area contributed by atoms with Crippen LogP contribution in [-0.4, -0.2) is 9.97 Å². The zero-order chi connectivity index (χ0) is 21.9. The third kappa shape index (κ3) is 4.32. The van der Waals surface area contributed by atoms with Crippen LogP contribution in [0.15, 0.2) is 109 Å².